The van der Waals surface area contributed by atoms with Gasteiger partial charge in [-0.25, -0.2) is 0 Å². The number of hydrogen-bond donors (Lipinski definition) is 3. The molecule has 0 aliphatic heterocycles. The lowest BCUT2D eigenvalue weighted by molar-refractivity contribution is 0.925. The molecule has 5 N–H and O–H groups in total. The minimum Gasteiger partial charge on any atom is -0.397 e. The Bertz CT molecular complexity index is 469. The smallest absolute Gasteiger partial charge is 0.0821 e. The molecule has 0 atom stereocenters. The van der Waals surface area contributed by atoms with Crippen molar-refractivity contribution in [3.8, 4) is 0 Å². The zero-order chi connectivity index (χ0) is 11.4. The monoisotopic (exact) mass is 215 g/mol. The zero-order valence-electron chi connectivity index (χ0n) is 8.72. The van der Waals surface area contributed by atoms with Crippen LogP contribution in [0, 0.1) is 0 Å². The predicted molar refractivity (Wildman–Crippen MR) is 64.6 cm³/mol. The molecule has 1 heterocycles. The van der Waals surface area contributed by atoms with Crippen molar-refractivity contribution in [1.82, 2.24) is 10.2 Å². The van der Waals surface area contributed by atoms with Gasteiger partial charge in [-0.3, -0.25) is 0 Å². The number of nitrogens with one attached hydrogen (secondary N) is 1. The summed E-state index contributed by atoms with van der Waals surface area (Å²) in [4.78, 5) is 0. The van der Waals surface area contributed by atoms with E-state index in [0.717, 1.165) is 11.4 Å². The molecule has 0 fully saturated rings. The summed E-state index contributed by atoms with van der Waals surface area (Å²) in [7, 11) is 0. The molecule has 2 aromatic rings. The highest BCUT2D eigenvalue weighted by Crippen LogP contribution is 2.19. The minimum atomic E-state index is 0.573. The molecular weight excluding hydrogens is 202 g/mol. The van der Waals surface area contributed by atoms with Crippen LogP contribution in [0.1, 0.15) is 5.69 Å². The normalized spacial score (nSPS) is 10.0. The standard InChI is InChI=1S/C11H13N5/c12-10-4-3-8(6-11(10)13)14-7-9-2-1-5-15-16-9/h1-6,14H,7,12-13H2. The van der Waals surface area contributed by atoms with Gasteiger partial charge in [0.15, 0.2) is 0 Å². The first kappa shape index (κ1) is 10.2. The van der Waals surface area contributed by atoms with E-state index in [0.29, 0.717) is 17.9 Å². The Hall–Kier alpha value is -2.30. The Kier molecular flexibility index (Phi) is 2.86. The zero-order valence-corrected chi connectivity index (χ0v) is 8.72. The largest absolute Gasteiger partial charge is 0.397 e. The van der Waals surface area contributed by atoms with Gasteiger partial charge in [0.25, 0.3) is 0 Å². The lowest BCUT2D eigenvalue weighted by Gasteiger charge is -2.07. The topological polar surface area (TPSA) is 89.8 Å². The molecule has 16 heavy (non-hydrogen) atoms. The Morgan fingerprint density at radius 3 is 2.69 bits per heavy atom. The van der Waals surface area contributed by atoms with Crippen LogP contribution >= 0.6 is 0 Å². The fourth-order valence-electron chi connectivity index (χ4n) is 1.31. The first-order chi connectivity index (χ1) is 7.75. The molecule has 0 amide bonds. The molecule has 0 radical (unpaired) electrons. The Morgan fingerprint density at radius 2 is 2.00 bits per heavy atom. The van der Waals surface area contributed by atoms with E-state index in [1.165, 1.54) is 0 Å². The van der Waals surface area contributed by atoms with Gasteiger partial charge in [-0.15, -0.1) is 0 Å². The summed E-state index contributed by atoms with van der Waals surface area (Å²) < 4.78 is 0. The highest BCUT2D eigenvalue weighted by Gasteiger charge is 1.98. The summed E-state index contributed by atoms with van der Waals surface area (Å²) in [6, 6.07) is 9.20. The molecule has 0 unspecified atom stereocenters. The van der Waals surface area contributed by atoms with Crippen molar-refractivity contribution in [2.24, 2.45) is 0 Å². The van der Waals surface area contributed by atoms with Gasteiger partial charge in [-0.1, -0.05) is 0 Å². The van der Waals surface area contributed by atoms with E-state index >= 15 is 0 Å². The van der Waals surface area contributed by atoms with Crippen LogP contribution in [-0.4, -0.2) is 10.2 Å². The van der Waals surface area contributed by atoms with Gasteiger partial charge in [0.2, 0.25) is 0 Å². The fourth-order valence-corrected chi connectivity index (χ4v) is 1.31. The maximum absolute atomic E-state index is 5.70. The predicted octanol–water partition coefficient (Wildman–Crippen LogP) is 1.25. The first-order valence-corrected chi connectivity index (χ1v) is 4.91. The third-order valence-corrected chi connectivity index (χ3v) is 2.19. The Morgan fingerprint density at radius 1 is 1.12 bits per heavy atom. The van der Waals surface area contributed by atoms with Crippen LogP contribution in [0.5, 0.6) is 0 Å². The maximum atomic E-state index is 5.70. The first-order valence-electron chi connectivity index (χ1n) is 4.91. The lowest BCUT2D eigenvalue weighted by atomic mass is 10.2. The number of aromatic nitrogens is 2. The summed E-state index contributed by atoms with van der Waals surface area (Å²) in [5, 5.41) is 11.0. The van der Waals surface area contributed by atoms with E-state index in [1.807, 2.05) is 18.2 Å². The van der Waals surface area contributed by atoms with E-state index in [2.05, 4.69) is 15.5 Å². The number of nitrogens with zero attached hydrogens (tertiary/aromatic N) is 2. The van der Waals surface area contributed by atoms with Crippen molar-refractivity contribution in [3.05, 3.63) is 42.2 Å². The average Bonchev–Trinajstić information content (AvgIpc) is 2.32. The Balaban J connectivity index is 2.03. The minimum absolute atomic E-state index is 0.573. The molecule has 2 rings (SSSR count). The van der Waals surface area contributed by atoms with E-state index in [1.54, 1.807) is 18.3 Å². The van der Waals surface area contributed by atoms with Crippen molar-refractivity contribution < 1.29 is 0 Å². The highest BCUT2D eigenvalue weighted by atomic mass is 15.1. The van der Waals surface area contributed by atoms with Crippen molar-refractivity contribution in [2.75, 3.05) is 16.8 Å². The van der Waals surface area contributed by atoms with Gasteiger partial charge < -0.3 is 16.8 Å². The van der Waals surface area contributed by atoms with E-state index in [4.69, 9.17) is 11.5 Å². The Labute approximate surface area is 93.5 Å². The second-order valence-corrected chi connectivity index (χ2v) is 3.41. The summed E-state index contributed by atoms with van der Waals surface area (Å²) >= 11 is 0. The number of nitrogens with two attached hydrogens (primary N) is 2. The second kappa shape index (κ2) is 4.48. The summed E-state index contributed by atoms with van der Waals surface area (Å²) in [5.41, 5.74) is 14.3. The lowest BCUT2D eigenvalue weighted by Crippen LogP contribution is -2.03. The van der Waals surface area contributed by atoms with Gasteiger partial charge >= 0.3 is 0 Å². The van der Waals surface area contributed by atoms with Crippen LogP contribution in [0.15, 0.2) is 36.5 Å². The SMILES string of the molecule is Nc1ccc(NCc2cccnn2)cc1N. The molecule has 82 valence electrons. The molecule has 0 aliphatic rings. The van der Waals surface area contributed by atoms with Gasteiger partial charge in [0, 0.05) is 11.9 Å². The van der Waals surface area contributed by atoms with E-state index < -0.39 is 0 Å². The molecule has 1 aromatic heterocycles. The van der Waals surface area contributed by atoms with Crippen LogP contribution in [0.2, 0.25) is 0 Å². The number of rotatable bonds is 3. The van der Waals surface area contributed by atoms with Crippen molar-refractivity contribution >= 4 is 17.1 Å². The van der Waals surface area contributed by atoms with Crippen LogP contribution in [-0.2, 0) is 6.54 Å². The number of hydrogen-bond acceptors (Lipinski definition) is 5. The third kappa shape index (κ3) is 2.38. The van der Waals surface area contributed by atoms with Gasteiger partial charge in [0.1, 0.15) is 0 Å². The van der Waals surface area contributed by atoms with E-state index in [-0.39, 0.29) is 0 Å². The van der Waals surface area contributed by atoms with Crippen LogP contribution in [0.4, 0.5) is 17.1 Å². The third-order valence-electron chi connectivity index (χ3n) is 2.19. The van der Waals surface area contributed by atoms with Crippen LogP contribution in [0.3, 0.4) is 0 Å². The van der Waals surface area contributed by atoms with E-state index in [9.17, 15) is 0 Å². The number of anilines is 3. The maximum Gasteiger partial charge on any atom is 0.0821 e. The summed E-state index contributed by atoms with van der Waals surface area (Å²) in [6.07, 6.45) is 1.64. The molecule has 0 saturated heterocycles. The quantitative estimate of drug-likeness (QED) is 0.670. The molecule has 0 bridgehead atoms. The number of benzene rings is 1. The molecule has 5 heteroatoms. The fraction of sp³-hybridized carbons (Fsp3) is 0.0909. The molecule has 5 nitrogen and oxygen atoms in total. The molecule has 0 saturated carbocycles. The van der Waals surface area contributed by atoms with Gasteiger partial charge in [-0.05, 0) is 30.3 Å². The molecule has 0 spiro atoms. The van der Waals surface area contributed by atoms with Crippen molar-refractivity contribution in [2.45, 2.75) is 6.54 Å². The summed E-state index contributed by atoms with van der Waals surface area (Å²) in [5.74, 6) is 0. The van der Waals surface area contributed by atoms with Gasteiger partial charge in [-0.2, -0.15) is 10.2 Å². The van der Waals surface area contributed by atoms with Crippen LogP contribution in [0.25, 0.3) is 0 Å². The van der Waals surface area contributed by atoms with Gasteiger partial charge in [0.05, 0.1) is 23.6 Å². The molecule has 0 aliphatic carbocycles. The van der Waals surface area contributed by atoms with Crippen molar-refractivity contribution in [3.63, 3.8) is 0 Å². The van der Waals surface area contributed by atoms with Crippen molar-refractivity contribution in [1.29, 1.82) is 0 Å². The van der Waals surface area contributed by atoms with Crippen LogP contribution < -0.4 is 16.8 Å². The molecule has 1 aromatic carbocycles. The number of nitrogen functional groups attached to an aromatic ring is 2. The summed E-state index contributed by atoms with van der Waals surface area (Å²) in [6.45, 7) is 0.608. The highest BCUT2D eigenvalue weighted by molar-refractivity contribution is 5.69. The second-order valence-electron chi connectivity index (χ2n) is 3.41. The molecular formula is C11H13N5. The average molecular weight is 215 g/mol.